The lowest BCUT2D eigenvalue weighted by atomic mass is 10.1. The second-order valence-electron chi connectivity index (χ2n) is 5.48. The Morgan fingerprint density at radius 3 is 2.48 bits per heavy atom. The molecule has 0 saturated carbocycles. The lowest BCUT2D eigenvalue weighted by Gasteiger charge is -2.21. The molecule has 0 heterocycles. The van der Waals surface area contributed by atoms with Crippen LogP contribution in [0.2, 0.25) is 0 Å². The summed E-state index contributed by atoms with van der Waals surface area (Å²) < 4.78 is 0. The minimum atomic E-state index is -0.366. The van der Waals surface area contributed by atoms with Crippen molar-refractivity contribution in [2.24, 2.45) is 5.16 Å². The van der Waals surface area contributed by atoms with Gasteiger partial charge in [-0.3, -0.25) is 4.84 Å². The highest BCUT2D eigenvalue weighted by atomic mass is 16.7. The summed E-state index contributed by atoms with van der Waals surface area (Å²) in [5.74, 6) is 0. The van der Waals surface area contributed by atoms with Crippen LogP contribution < -0.4 is 10.4 Å². The van der Waals surface area contributed by atoms with Crippen molar-refractivity contribution in [2.45, 2.75) is 20.5 Å². The number of nitrogens with zero attached hydrogens (tertiary/aromatic N) is 2. The molecule has 0 aliphatic rings. The van der Waals surface area contributed by atoms with Crippen molar-refractivity contribution in [3.05, 3.63) is 65.2 Å². The molecule has 0 saturated heterocycles. The Morgan fingerprint density at radius 1 is 1.16 bits per heavy atom. The van der Waals surface area contributed by atoms with Gasteiger partial charge in [0, 0.05) is 12.6 Å². The third kappa shape index (κ3) is 4.81. The van der Waals surface area contributed by atoms with Crippen molar-refractivity contribution in [2.75, 3.05) is 19.2 Å². The van der Waals surface area contributed by atoms with Crippen LogP contribution in [0.3, 0.4) is 0 Å². The molecule has 25 heavy (non-hydrogen) atoms. The number of benzene rings is 2. The number of carbonyl (C=O) groups excluding carboxylic acids is 1. The molecule has 1 N–H and O–H groups in total. The van der Waals surface area contributed by atoms with Gasteiger partial charge in [0.05, 0.1) is 18.5 Å². The van der Waals surface area contributed by atoms with E-state index in [9.17, 15) is 4.79 Å². The lowest BCUT2D eigenvalue weighted by Crippen LogP contribution is -2.37. The highest BCUT2D eigenvalue weighted by molar-refractivity contribution is 5.98. The first kappa shape index (κ1) is 18.5. The first-order chi connectivity index (χ1) is 12.1. The Hall–Kier alpha value is -2.86. The molecule has 0 aliphatic carbocycles. The van der Waals surface area contributed by atoms with Crippen molar-refractivity contribution in [1.82, 2.24) is 5.32 Å². The summed E-state index contributed by atoms with van der Waals surface area (Å²) in [5, 5.41) is 7.88. The standard InChI is InChI=1S/C19H23N3O3/c1-14-9-11-16(12-10-14)15(2)21-25-13-17-7-5-6-8-18(17)22(24-4)19(23)20-3/h5-12H,13H2,1-4H3,(H,20,23)/b21-15+. The second kappa shape index (κ2) is 8.84. The van der Waals surface area contributed by atoms with Gasteiger partial charge < -0.3 is 10.2 Å². The number of nitrogens with one attached hydrogen (secondary N) is 1. The van der Waals surface area contributed by atoms with Gasteiger partial charge in [-0.05, 0) is 25.5 Å². The van der Waals surface area contributed by atoms with Crippen LogP contribution in [-0.2, 0) is 16.3 Å². The Balaban J connectivity index is 2.12. The number of hydroxylamine groups is 1. The van der Waals surface area contributed by atoms with E-state index in [-0.39, 0.29) is 12.6 Å². The molecule has 6 heteroatoms. The van der Waals surface area contributed by atoms with Crippen LogP contribution in [0.15, 0.2) is 53.7 Å². The number of aryl methyl sites for hydroxylation is 1. The fraction of sp³-hybridized carbons (Fsp3) is 0.263. The summed E-state index contributed by atoms with van der Waals surface area (Å²) in [6.45, 7) is 4.15. The Morgan fingerprint density at radius 2 is 1.84 bits per heavy atom. The number of para-hydroxylation sites is 1. The van der Waals surface area contributed by atoms with Crippen LogP contribution in [0, 0.1) is 6.92 Å². The van der Waals surface area contributed by atoms with Gasteiger partial charge in [-0.2, -0.15) is 5.06 Å². The summed E-state index contributed by atoms with van der Waals surface area (Å²) in [7, 11) is 2.98. The van der Waals surface area contributed by atoms with Gasteiger partial charge in [-0.25, -0.2) is 4.79 Å². The molecule has 0 radical (unpaired) electrons. The molecule has 2 aromatic carbocycles. The zero-order chi connectivity index (χ0) is 18.2. The van der Waals surface area contributed by atoms with E-state index in [1.54, 1.807) is 13.1 Å². The van der Waals surface area contributed by atoms with Gasteiger partial charge >= 0.3 is 6.03 Å². The molecular formula is C19H23N3O3. The minimum Gasteiger partial charge on any atom is -0.391 e. The average Bonchev–Trinajstić information content (AvgIpc) is 2.63. The van der Waals surface area contributed by atoms with Crippen molar-refractivity contribution < 1.29 is 14.5 Å². The van der Waals surface area contributed by atoms with Crippen LogP contribution in [-0.4, -0.2) is 25.9 Å². The van der Waals surface area contributed by atoms with Gasteiger partial charge in [0.2, 0.25) is 0 Å². The summed E-state index contributed by atoms with van der Waals surface area (Å²) in [6.07, 6.45) is 0. The number of rotatable bonds is 6. The van der Waals surface area contributed by atoms with Crippen molar-refractivity contribution >= 4 is 17.4 Å². The maximum absolute atomic E-state index is 11.9. The van der Waals surface area contributed by atoms with Crippen molar-refractivity contribution in [1.29, 1.82) is 0 Å². The zero-order valence-electron chi connectivity index (χ0n) is 14.9. The zero-order valence-corrected chi connectivity index (χ0v) is 14.9. The Bertz CT molecular complexity index is 742. The molecule has 6 nitrogen and oxygen atoms in total. The van der Waals surface area contributed by atoms with Crippen LogP contribution in [0.5, 0.6) is 0 Å². The number of amides is 2. The fourth-order valence-corrected chi connectivity index (χ4v) is 2.27. The van der Waals surface area contributed by atoms with Gasteiger partial charge in [-0.15, -0.1) is 0 Å². The first-order valence-corrected chi connectivity index (χ1v) is 7.94. The molecule has 0 unspecified atom stereocenters. The van der Waals surface area contributed by atoms with E-state index >= 15 is 0 Å². The minimum absolute atomic E-state index is 0.218. The number of urea groups is 1. The maximum Gasteiger partial charge on any atom is 0.345 e. The van der Waals surface area contributed by atoms with Crippen LogP contribution in [0.4, 0.5) is 10.5 Å². The van der Waals surface area contributed by atoms with Crippen molar-refractivity contribution in [3.8, 4) is 0 Å². The summed E-state index contributed by atoms with van der Waals surface area (Å²) >= 11 is 0. The second-order valence-corrected chi connectivity index (χ2v) is 5.48. The fourth-order valence-electron chi connectivity index (χ4n) is 2.27. The third-order valence-electron chi connectivity index (χ3n) is 3.68. The van der Waals surface area contributed by atoms with Crippen molar-refractivity contribution in [3.63, 3.8) is 0 Å². The first-order valence-electron chi connectivity index (χ1n) is 7.94. The maximum atomic E-state index is 11.9. The monoisotopic (exact) mass is 341 g/mol. The molecule has 2 rings (SSSR count). The summed E-state index contributed by atoms with van der Waals surface area (Å²) in [4.78, 5) is 22.6. The Labute approximate surface area is 148 Å². The van der Waals surface area contributed by atoms with Crippen LogP contribution in [0.25, 0.3) is 0 Å². The molecule has 2 amide bonds. The quantitative estimate of drug-likeness (QED) is 0.644. The highest BCUT2D eigenvalue weighted by Gasteiger charge is 2.17. The van der Waals surface area contributed by atoms with Gasteiger partial charge in [0.15, 0.2) is 0 Å². The number of hydrogen-bond acceptors (Lipinski definition) is 4. The number of carbonyl (C=O) groups is 1. The van der Waals surface area contributed by atoms with E-state index in [4.69, 9.17) is 9.68 Å². The summed E-state index contributed by atoms with van der Waals surface area (Å²) in [5.41, 5.74) is 4.37. The highest BCUT2D eigenvalue weighted by Crippen LogP contribution is 2.21. The molecular weight excluding hydrogens is 318 g/mol. The smallest absolute Gasteiger partial charge is 0.345 e. The van der Waals surface area contributed by atoms with E-state index in [1.165, 1.54) is 17.7 Å². The van der Waals surface area contributed by atoms with Crippen LogP contribution in [0.1, 0.15) is 23.6 Å². The topological polar surface area (TPSA) is 63.2 Å². The lowest BCUT2D eigenvalue weighted by molar-refractivity contribution is 0.128. The third-order valence-corrected chi connectivity index (χ3v) is 3.68. The summed E-state index contributed by atoms with van der Waals surface area (Å²) in [6, 6.07) is 15.1. The molecule has 0 spiro atoms. The molecule has 0 aliphatic heterocycles. The van der Waals surface area contributed by atoms with E-state index in [1.807, 2.05) is 56.3 Å². The van der Waals surface area contributed by atoms with E-state index in [0.29, 0.717) is 5.69 Å². The van der Waals surface area contributed by atoms with E-state index in [0.717, 1.165) is 16.8 Å². The van der Waals surface area contributed by atoms with Gasteiger partial charge in [0.1, 0.15) is 6.61 Å². The molecule has 0 fully saturated rings. The predicted octanol–water partition coefficient (Wildman–Crippen LogP) is 3.64. The normalized spacial score (nSPS) is 11.1. The van der Waals surface area contributed by atoms with E-state index in [2.05, 4.69) is 10.5 Å². The van der Waals surface area contributed by atoms with Crippen LogP contribution >= 0.6 is 0 Å². The SMILES string of the molecule is CNC(=O)N(OC)c1ccccc1CO/N=C(\C)c1ccc(C)cc1. The molecule has 0 bridgehead atoms. The predicted molar refractivity (Wildman–Crippen MR) is 98.6 cm³/mol. The number of oxime groups is 1. The average molecular weight is 341 g/mol. The van der Waals surface area contributed by atoms with Gasteiger partial charge in [-0.1, -0.05) is 53.2 Å². The Kier molecular flexibility index (Phi) is 6.54. The van der Waals surface area contributed by atoms with E-state index < -0.39 is 0 Å². The molecule has 0 atom stereocenters. The molecule has 0 aromatic heterocycles. The largest absolute Gasteiger partial charge is 0.391 e. The number of anilines is 1. The molecule has 132 valence electrons. The number of hydrogen-bond donors (Lipinski definition) is 1. The molecule has 2 aromatic rings. The van der Waals surface area contributed by atoms with Gasteiger partial charge in [0.25, 0.3) is 0 Å².